The number of carboxylic acids is 1. The van der Waals surface area contributed by atoms with Crippen LogP contribution in [0.2, 0.25) is 5.02 Å². The average molecular weight is 295 g/mol. The zero-order valence-corrected chi connectivity index (χ0v) is 12.4. The fourth-order valence-electron chi connectivity index (χ4n) is 2.50. The third kappa shape index (κ3) is 3.54. The Kier molecular flexibility index (Phi) is 4.71. The highest BCUT2D eigenvalue weighted by atomic mass is 35.5. The van der Waals surface area contributed by atoms with E-state index < -0.39 is 5.97 Å². The van der Waals surface area contributed by atoms with Crippen molar-refractivity contribution in [3.8, 4) is 5.75 Å². The van der Waals surface area contributed by atoms with Crippen molar-refractivity contribution in [2.45, 2.75) is 19.8 Å². The topological polar surface area (TPSA) is 46.5 Å². The SMILES string of the molecule is COc1ccc(C=CCC2CC2C(C)C(=O)O)cc1Cl. The Morgan fingerprint density at radius 3 is 2.95 bits per heavy atom. The molecular weight excluding hydrogens is 276 g/mol. The van der Waals surface area contributed by atoms with E-state index >= 15 is 0 Å². The molecule has 1 saturated carbocycles. The lowest BCUT2D eigenvalue weighted by atomic mass is 10.0. The average Bonchev–Trinajstić information content (AvgIpc) is 3.17. The molecule has 0 bridgehead atoms. The third-order valence-corrected chi connectivity index (χ3v) is 4.23. The Morgan fingerprint density at radius 1 is 1.60 bits per heavy atom. The van der Waals surface area contributed by atoms with Crippen LogP contribution in [0.15, 0.2) is 24.3 Å². The number of methoxy groups -OCH3 is 1. The monoisotopic (exact) mass is 294 g/mol. The molecule has 0 radical (unpaired) electrons. The Balaban J connectivity index is 1.86. The molecule has 4 heteroatoms. The Morgan fingerprint density at radius 2 is 2.35 bits per heavy atom. The van der Waals surface area contributed by atoms with Crippen molar-refractivity contribution in [2.75, 3.05) is 7.11 Å². The van der Waals surface area contributed by atoms with E-state index in [0.717, 1.165) is 18.4 Å². The van der Waals surface area contributed by atoms with Gasteiger partial charge in [-0.05, 0) is 42.4 Å². The summed E-state index contributed by atoms with van der Waals surface area (Å²) in [5.74, 6) is 0.580. The standard InChI is InChI=1S/C16H19ClO3/c1-10(16(18)19)13-9-12(13)5-3-4-11-6-7-15(20-2)14(17)8-11/h3-4,6-8,10,12-13H,5,9H2,1-2H3,(H,18,19). The van der Waals surface area contributed by atoms with E-state index in [1.54, 1.807) is 14.0 Å². The fraction of sp³-hybridized carbons (Fsp3) is 0.438. The molecule has 0 aromatic heterocycles. The van der Waals surface area contributed by atoms with Crippen molar-refractivity contribution in [3.63, 3.8) is 0 Å². The molecule has 0 heterocycles. The molecular formula is C16H19ClO3. The van der Waals surface area contributed by atoms with Crippen molar-refractivity contribution in [3.05, 3.63) is 34.9 Å². The van der Waals surface area contributed by atoms with Crippen molar-refractivity contribution >= 4 is 23.6 Å². The number of hydrogen-bond donors (Lipinski definition) is 1. The van der Waals surface area contributed by atoms with E-state index in [2.05, 4.69) is 6.08 Å². The zero-order valence-electron chi connectivity index (χ0n) is 11.7. The molecule has 3 atom stereocenters. The predicted octanol–water partition coefficient (Wildman–Crippen LogP) is 4.11. The van der Waals surface area contributed by atoms with Gasteiger partial charge in [0.25, 0.3) is 0 Å². The number of benzene rings is 1. The molecule has 1 aliphatic rings. The van der Waals surface area contributed by atoms with Crippen LogP contribution in [0.3, 0.4) is 0 Å². The van der Waals surface area contributed by atoms with Gasteiger partial charge in [0.2, 0.25) is 0 Å². The molecule has 0 saturated heterocycles. The molecule has 1 N–H and O–H groups in total. The summed E-state index contributed by atoms with van der Waals surface area (Å²) < 4.78 is 5.10. The first-order chi connectivity index (χ1) is 9.52. The number of aliphatic carboxylic acids is 1. The molecule has 2 rings (SSSR count). The molecule has 1 aliphatic carbocycles. The minimum absolute atomic E-state index is 0.233. The summed E-state index contributed by atoms with van der Waals surface area (Å²) >= 11 is 6.06. The van der Waals surface area contributed by atoms with E-state index in [1.165, 1.54) is 0 Å². The number of hydrogen-bond acceptors (Lipinski definition) is 2. The lowest BCUT2D eigenvalue weighted by molar-refractivity contribution is -0.141. The van der Waals surface area contributed by atoms with Crippen LogP contribution < -0.4 is 4.74 Å². The highest BCUT2D eigenvalue weighted by molar-refractivity contribution is 6.32. The maximum Gasteiger partial charge on any atom is 0.306 e. The molecule has 108 valence electrons. The molecule has 20 heavy (non-hydrogen) atoms. The van der Waals surface area contributed by atoms with Gasteiger partial charge < -0.3 is 9.84 Å². The number of allylic oxidation sites excluding steroid dienone is 1. The van der Waals surface area contributed by atoms with E-state index in [0.29, 0.717) is 22.6 Å². The van der Waals surface area contributed by atoms with Crippen molar-refractivity contribution in [1.82, 2.24) is 0 Å². The number of rotatable bonds is 6. The maximum absolute atomic E-state index is 10.9. The Bertz CT molecular complexity index is 524. The molecule has 3 unspecified atom stereocenters. The summed E-state index contributed by atoms with van der Waals surface area (Å²) in [5.41, 5.74) is 1.03. The van der Waals surface area contributed by atoms with E-state index in [-0.39, 0.29) is 5.92 Å². The molecule has 0 spiro atoms. The van der Waals surface area contributed by atoms with Gasteiger partial charge in [-0.2, -0.15) is 0 Å². The van der Waals surface area contributed by atoms with Gasteiger partial charge >= 0.3 is 5.97 Å². The minimum atomic E-state index is -0.691. The number of carboxylic acid groups (broad SMARTS) is 1. The fourth-order valence-corrected chi connectivity index (χ4v) is 2.77. The van der Waals surface area contributed by atoms with Gasteiger partial charge in [-0.3, -0.25) is 4.79 Å². The van der Waals surface area contributed by atoms with Gasteiger partial charge in [-0.1, -0.05) is 36.7 Å². The zero-order chi connectivity index (χ0) is 14.7. The molecule has 1 aromatic rings. The maximum atomic E-state index is 10.9. The van der Waals surface area contributed by atoms with Crippen LogP contribution in [0.4, 0.5) is 0 Å². The predicted molar refractivity (Wildman–Crippen MR) is 80.1 cm³/mol. The third-order valence-electron chi connectivity index (χ3n) is 3.93. The Labute approximate surface area is 124 Å². The van der Waals surface area contributed by atoms with Gasteiger partial charge in [-0.25, -0.2) is 0 Å². The lowest BCUT2D eigenvalue weighted by Gasteiger charge is -2.04. The smallest absolute Gasteiger partial charge is 0.306 e. The second kappa shape index (κ2) is 6.31. The van der Waals surface area contributed by atoms with Gasteiger partial charge in [0.1, 0.15) is 5.75 Å². The lowest BCUT2D eigenvalue weighted by Crippen LogP contribution is -2.12. The normalized spacial score (nSPS) is 22.8. The van der Waals surface area contributed by atoms with Crippen molar-refractivity contribution in [2.24, 2.45) is 17.8 Å². The van der Waals surface area contributed by atoms with E-state index in [9.17, 15) is 4.79 Å². The van der Waals surface area contributed by atoms with Crippen LogP contribution >= 0.6 is 11.6 Å². The summed E-state index contributed by atoms with van der Waals surface area (Å²) in [6, 6.07) is 5.65. The number of halogens is 1. The van der Waals surface area contributed by atoms with Gasteiger partial charge in [0.15, 0.2) is 0 Å². The van der Waals surface area contributed by atoms with Crippen LogP contribution in [0.25, 0.3) is 6.08 Å². The second-order valence-corrected chi connectivity index (χ2v) is 5.73. The summed E-state index contributed by atoms with van der Waals surface area (Å²) in [6.45, 7) is 1.79. The quantitative estimate of drug-likeness (QED) is 0.859. The molecule has 0 amide bonds. The molecule has 3 nitrogen and oxygen atoms in total. The molecule has 1 aromatic carbocycles. The van der Waals surface area contributed by atoms with E-state index in [1.807, 2.05) is 24.3 Å². The summed E-state index contributed by atoms with van der Waals surface area (Å²) in [4.78, 5) is 10.9. The van der Waals surface area contributed by atoms with Gasteiger partial charge in [0, 0.05) is 0 Å². The highest BCUT2D eigenvalue weighted by Gasteiger charge is 2.42. The second-order valence-electron chi connectivity index (χ2n) is 5.32. The Hall–Kier alpha value is -1.48. The van der Waals surface area contributed by atoms with Gasteiger partial charge in [-0.15, -0.1) is 0 Å². The van der Waals surface area contributed by atoms with Crippen LogP contribution in [-0.4, -0.2) is 18.2 Å². The highest BCUT2D eigenvalue weighted by Crippen LogP contribution is 2.46. The van der Waals surface area contributed by atoms with E-state index in [4.69, 9.17) is 21.4 Å². The first kappa shape index (κ1) is 14.9. The first-order valence-corrected chi connectivity index (χ1v) is 7.13. The number of carbonyl (C=O) groups is 1. The minimum Gasteiger partial charge on any atom is -0.495 e. The van der Waals surface area contributed by atoms with Crippen molar-refractivity contribution in [1.29, 1.82) is 0 Å². The molecule has 1 fully saturated rings. The van der Waals surface area contributed by atoms with Gasteiger partial charge in [0.05, 0.1) is 18.1 Å². The van der Waals surface area contributed by atoms with Crippen molar-refractivity contribution < 1.29 is 14.6 Å². The van der Waals surface area contributed by atoms with Crippen LogP contribution in [0.5, 0.6) is 5.75 Å². The molecule has 0 aliphatic heterocycles. The summed E-state index contributed by atoms with van der Waals surface area (Å²) in [7, 11) is 1.59. The summed E-state index contributed by atoms with van der Waals surface area (Å²) in [5, 5.41) is 9.54. The summed E-state index contributed by atoms with van der Waals surface area (Å²) in [6.07, 6.45) is 6.05. The van der Waals surface area contributed by atoms with Crippen LogP contribution in [0, 0.1) is 17.8 Å². The largest absolute Gasteiger partial charge is 0.495 e. The van der Waals surface area contributed by atoms with Crippen LogP contribution in [0.1, 0.15) is 25.3 Å². The first-order valence-electron chi connectivity index (χ1n) is 6.75. The number of ether oxygens (including phenoxy) is 1. The van der Waals surface area contributed by atoms with Crippen LogP contribution in [-0.2, 0) is 4.79 Å².